The fraction of sp³-hybridized carbons (Fsp3) is 0.333. The van der Waals surface area contributed by atoms with Crippen LogP contribution in [0.4, 0.5) is 0 Å². The zero-order chi connectivity index (χ0) is 23.3. The third-order valence-electron chi connectivity index (χ3n) is 5.61. The second-order valence-corrected chi connectivity index (χ2v) is 8.24. The van der Waals surface area contributed by atoms with Crippen LogP contribution in [-0.4, -0.2) is 40.0 Å². The number of nitrogens with zero attached hydrogens (tertiary/aromatic N) is 2. The number of aliphatic carboxylic acids is 1. The van der Waals surface area contributed by atoms with Crippen molar-refractivity contribution in [1.29, 1.82) is 0 Å². The summed E-state index contributed by atoms with van der Waals surface area (Å²) in [6.07, 6.45) is 1.61. The van der Waals surface area contributed by atoms with Crippen LogP contribution in [0.3, 0.4) is 0 Å². The molecule has 2 aromatic carbocycles. The molecule has 0 aliphatic carbocycles. The van der Waals surface area contributed by atoms with Crippen LogP contribution >= 0.6 is 0 Å². The minimum Gasteiger partial charge on any atom is -0.481 e. The number of rotatable bonds is 7. The van der Waals surface area contributed by atoms with Crippen LogP contribution in [0.2, 0.25) is 0 Å². The van der Waals surface area contributed by atoms with Crippen molar-refractivity contribution in [2.75, 3.05) is 0 Å². The fourth-order valence-corrected chi connectivity index (χ4v) is 3.86. The Bertz CT molecular complexity index is 1030. The number of nitrogens with one attached hydrogen (secondary N) is 1. The van der Waals surface area contributed by atoms with E-state index < -0.39 is 11.9 Å². The van der Waals surface area contributed by atoms with Crippen molar-refractivity contribution in [2.24, 2.45) is 16.9 Å². The van der Waals surface area contributed by atoms with Crippen molar-refractivity contribution in [3.8, 4) is 0 Å². The minimum atomic E-state index is -1.01. The van der Waals surface area contributed by atoms with Gasteiger partial charge in [-0.2, -0.15) is 5.10 Å². The normalized spacial score (nSPS) is 16.2. The van der Waals surface area contributed by atoms with E-state index in [1.54, 1.807) is 23.2 Å². The maximum Gasteiger partial charge on any atom is 0.304 e. The van der Waals surface area contributed by atoms with Crippen LogP contribution in [0.5, 0.6) is 0 Å². The predicted molar refractivity (Wildman–Crippen MR) is 121 cm³/mol. The number of carboxylic acids is 1. The summed E-state index contributed by atoms with van der Waals surface area (Å²) in [5.41, 5.74) is 4.06. The third-order valence-corrected chi connectivity index (χ3v) is 5.61. The quantitative estimate of drug-likeness (QED) is 0.349. The van der Waals surface area contributed by atoms with Crippen LogP contribution < -0.4 is 11.2 Å². The lowest BCUT2D eigenvalue weighted by atomic mass is 9.93. The summed E-state index contributed by atoms with van der Waals surface area (Å²) in [6.45, 7) is 4.59. The first-order valence-corrected chi connectivity index (χ1v) is 10.5. The SMILES string of the molecule is CC(C)N1Cc2ccc(C(=O)NCc3ccc(C=NN)cc3)cc2CC(CC(=O)O)C1=O. The molecule has 0 fully saturated rings. The summed E-state index contributed by atoms with van der Waals surface area (Å²) in [6, 6.07) is 12.8. The number of benzene rings is 2. The average Bonchev–Trinajstić information content (AvgIpc) is 2.89. The Balaban J connectivity index is 1.76. The standard InChI is InChI=1S/C24H28N4O4/c1-15(2)28-14-19-8-7-18(9-20(19)10-21(24(28)32)11-22(29)30)23(31)26-12-16-3-5-17(6-4-16)13-27-25/h3-9,13,15,21H,10-12,14,25H2,1-2H3,(H,26,31)(H,29,30). The fourth-order valence-electron chi connectivity index (χ4n) is 3.86. The van der Waals surface area contributed by atoms with Crippen molar-refractivity contribution in [2.45, 2.75) is 45.8 Å². The molecule has 4 N–H and O–H groups in total. The van der Waals surface area contributed by atoms with Gasteiger partial charge < -0.3 is 21.2 Å². The Morgan fingerprint density at radius 1 is 1.22 bits per heavy atom. The molecule has 1 atom stereocenters. The highest BCUT2D eigenvalue weighted by molar-refractivity contribution is 5.94. The molecule has 0 aromatic heterocycles. The van der Waals surface area contributed by atoms with E-state index in [0.717, 1.165) is 22.3 Å². The molecule has 1 aliphatic rings. The van der Waals surface area contributed by atoms with Gasteiger partial charge in [0.2, 0.25) is 5.91 Å². The molecule has 1 aliphatic heterocycles. The van der Waals surface area contributed by atoms with Gasteiger partial charge in [0.15, 0.2) is 0 Å². The summed E-state index contributed by atoms with van der Waals surface area (Å²) < 4.78 is 0. The van der Waals surface area contributed by atoms with Crippen molar-refractivity contribution < 1.29 is 19.5 Å². The Labute approximate surface area is 187 Å². The molecule has 2 aromatic rings. The lowest BCUT2D eigenvalue weighted by Gasteiger charge is -2.27. The van der Waals surface area contributed by atoms with E-state index in [4.69, 9.17) is 5.84 Å². The van der Waals surface area contributed by atoms with E-state index in [2.05, 4.69) is 10.4 Å². The van der Waals surface area contributed by atoms with Gasteiger partial charge in [0, 0.05) is 24.7 Å². The van der Waals surface area contributed by atoms with Gasteiger partial charge in [-0.1, -0.05) is 30.3 Å². The van der Waals surface area contributed by atoms with Gasteiger partial charge in [-0.15, -0.1) is 0 Å². The van der Waals surface area contributed by atoms with Crippen LogP contribution in [-0.2, 0) is 29.1 Å². The second-order valence-electron chi connectivity index (χ2n) is 8.24. The highest BCUT2D eigenvalue weighted by Crippen LogP contribution is 2.27. The lowest BCUT2D eigenvalue weighted by molar-refractivity contribution is -0.145. The Kier molecular flexibility index (Phi) is 7.25. The van der Waals surface area contributed by atoms with Crippen molar-refractivity contribution in [1.82, 2.24) is 10.2 Å². The molecule has 3 rings (SSSR count). The molecule has 0 spiro atoms. The molecule has 8 nitrogen and oxygen atoms in total. The van der Waals surface area contributed by atoms with Gasteiger partial charge in [0.05, 0.1) is 18.6 Å². The van der Waals surface area contributed by atoms with E-state index in [0.29, 0.717) is 25.1 Å². The molecular weight excluding hydrogens is 408 g/mol. The molecule has 0 bridgehead atoms. The topological polar surface area (TPSA) is 125 Å². The van der Waals surface area contributed by atoms with Crippen molar-refractivity contribution >= 4 is 24.0 Å². The first kappa shape index (κ1) is 23.0. The molecule has 0 saturated heterocycles. The van der Waals surface area contributed by atoms with E-state index in [9.17, 15) is 19.5 Å². The average molecular weight is 437 g/mol. The van der Waals surface area contributed by atoms with E-state index in [-0.39, 0.29) is 24.3 Å². The van der Waals surface area contributed by atoms with Crippen molar-refractivity contribution in [3.63, 3.8) is 0 Å². The maximum absolute atomic E-state index is 12.9. The van der Waals surface area contributed by atoms with Gasteiger partial charge in [0.25, 0.3) is 5.91 Å². The van der Waals surface area contributed by atoms with Gasteiger partial charge in [-0.3, -0.25) is 14.4 Å². The first-order valence-electron chi connectivity index (χ1n) is 10.5. The molecule has 2 amide bonds. The zero-order valence-corrected chi connectivity index (χ0v) is 18.2. The number of fused-ring (bicyclic) bond motifs is 1. The third kappa shape index (κ3) is 5.51. The highest BCUT2D eigenvalue weighted by atomic mass is 16.4. The molecular formula is C24H28N4O4. The highest BCUT2D eigenvalue weighted by Gasteiger charge is 2.32. The smallest absolute Gasteiger partial charge is 0.304 e. The van der Waals surface area contributed by atoms with Gasteiger partial charge in [-0.05, 0) is 54.7 Å². The van der Waals surface area contributed by atoms with Crippen LogP contribution in [0.15, 0.2) is 47.6 Å². The molecule has 32 heavy (non-hydrogen) atoms. The number of hydrogen-bond acceptors (Lipinski definition) is 5. The van der Waals surface area contributed by atoms with Crippen LogP contribution in [0.1, 0.15) is 52.9 Å². The number of hydrogen-bond donors (Lipinski definition) is 3. The summed E-state index contributed by atoms with van der Waals surface area (Å²) in [4.78, 5) is 38.7. The Morgan fingerprint density at radius 3 is 2.56 bits per heavy atom. The molecule has 8 heteroatoms. The zero-order valence-electron chi connectivity index (χ0n) is 18.2. The predicted octanol–water partition coefficient (Wildman–Crippen LogP) is 2.29. The summed E-state index contributed by atoms with van der Waals surface area (Å²) in [5, 5.41) is 15.6. The molecule has 0 radical (unpaired) electrons. The number of hydrazone groups is 1. The van der Waals surface area contributed by atoms with E-state index in [1.807, 2.05) is 44.2 Å². The lowest BCUT2D eigenvalue weighted by Crippen LogP contribution is -2.40. The molecule has 1 unspecified atom stereocenters. The minimum absolute atomic E-state index is 0.0461. The van der Waals surface area contributed by atoms with Gasteiger partial charge in [-0.25, -0.2) is 0 Å². The first-order chi connectivity index (χ1) is 15.3. The second kappa shape index (κ2) is 10.1. The van der Waals surface area contributed by atoms with Crippen LogP contribution in [0.25, 0.3) is 0 Å². The molecule has 168 valence electrons. The van der Waals surface area contributed by atoms with Crippen molar-refractivity contribution in [3.05, 3.63) is 70.3 Å². The van der Waals surface area contributed by atoms with Gasteiger partial charge >= 0.3 is 5.97 Å². The summed E-state index contributed by atoms with van der Waals surface area (Å²) in [7, 11) is 0. The monoisotopic (exact) mass is 436 g/mol. The number of carbonyl (C=O) groups excluding carboxylic acids is 2. The number of carbonyl (C=O) groups is 3. The number of amides is 2. The van der Waals surface area contributed by atoms with Crippen LogP contribution in [0, 0.1) is 5.92 Å². The number of carboxylic acid groups (broad SMARTS) is 1. The summed E-state index contributed by atoms with van der Waals surface area (Å²) in [5.74, 6) is 3.10. The molecule has 0 saturated carbocycles. The van der Waals surface area contributed by atoms with Gasteiger partial charge in [0.1, 0.15) is 0 Å². The Hall–Kier alpha value is -3.68. The van der Waals surface area contributed by atoms with E-state index >= 15 is 0 Å². The number of nitrogens with two attached hydrogens (primary N) is 1. The maximum atomic E-state index is 12.9. The van der Waals surface area contributed by atoms with E-state index in [1.165, 1.54) is 0 Å². The Morgan fingerprint density at radius 2 is 1.94 bits per heavy atom. The largest absolute Gasteiger partial charge is 0.481 e. The summed E-state index contributed by atoms with van der Waals surface area (Å²) >= 11 is 0. The molecule has 1 heterocycles.